The van der Waals surface area contributed by atoms with E-state index >= 15 is 0 Å². The van der Waals surface area contributed by atoms with Crippen molar-refractivity contribution in [2.45, 2.75) is 39.3 Å². The minimum Gasteiger partial charge on any atom is -0.448 e. The van der Waals surface area contributed by atoms with Gasteiger partial charge in [-0.3, -0.25) is 14.2 Å². The van der Waals surface area contributed by atoms with E-state index in [1.54, 1.807) is 6.07 Å². The maximum absolute atomic E-state index is 12.5. The highest BCUT2D eigenvalue weighted by Gasteiger charge is 2.19. The lowest BCUT2D eigenvalue weighted by molar-refractivity contribution is -0.123. The van der Waals surface area contributed by atoms with Crippen LogP contribution >= 0.6 is 0 Å². The van der Waals surface area contributed by atoms with Crippen molar-refractivity contribution in [3.8, 4) is 0 Å². The molecule has 120 valence electrons. The number of furan rings is 1. The van der Waals surface area contributed by atoms with Gasteiger partial charge in [0.15, 0.2) is 0 Å². The Hall–Kier alpha value is -2.63. The zero-order valence-corrected chi connectivity index (χ0v) is 13.4. The lowest BCUT2D eigenvalue weighted by Crippen LogP contribution is -2.45. The topological polar surface area (TPSA) is 77.1 Å². The molecule has 0 unspecified atom stereocenters. The third kappa shape index (κ3) is 2.84. The van der Waals surface area contributed by atoms with Crippen LogP contribution in [0.5, 0.6) is 0 Å². The summed E-state index contributed by atoms with van der Waals surface area (Å²) in [5, 5.41) is 3.69. The smallest absolute Gasteiger partial charge is 0.297 e. The number of fused-ring (bicyclic) bond motifs is 3. The van der Waals surface area contributed by atoms with E-state index in [9.17, 15) is 9.59 Å². The maximum atomic E-state index is 12.5. The van der Waals surface area contributed by atoms with Crippen LogP contribution in [-0.4, -0.2) is 21.0 Å². The van der Waals surface area contributed by atoms with E-state index in [1.165, 1.54) is 10.9 Å². The molecule has 1 N–H and O–H groups in total. The fourth-order valence-corrected chi connectivity index (χ4v) is 2.39. The predicted octanol–water partition coefficient (Wildman–Crippen LogP) is 2.45. The van der Waals surface area contributed by atoms with Crippen molar-refractivity contribution in [2.24, 2.45) is 0 Å². The number of hydrogen-bond donors (Lipinski definition) is 1. The summed E-state index contributed by atoms with van der Waals surface area (Å²) in [6.07, 6.45) is 2.19. The highest BCUT2D eigenvalue weighted by atomic mass is 16.3. The summed E-state index contributed by atoms with van der Waals surface area (Å²) in [7, 11) is 0. The van der Waals surface area contributed by atoms with E-state index in [1.807, 2.05) is 39.0 Å². The van der Waals surface area contributed by atoms with E-state index in [4.69, 9.17) is 4.42 Å². The molecule has 0 fully saturated rings. The van der Waals surface area contributed by atoms with Crippen molar-refractivity contribution < 1.29 is 9.21 Å². The molecule has 0 aliphatic carbocycles. The molecule has 1 aromatic carbocycles. The number of carbonyl (C=O) groups excluding carboxylic acids is 1. The molecule has 23 heavy (non-hydrogen) atoms. The molecule has 6 nitrogen and oxygen atoms in total. The Morgan fingerprint density at radius 3 is 2.83 bits per heavy atom. The monoisotopic (exact) mass is 313 g/mol. The largest absolute Gasteiger partial charge is 0.448 e. The molecule has 2 heterocycles. The van der Waals surface area contributed by atoms with Gasteiger partial charge in [0, 0.05) is 10.9 Å². The second-order valence-corrected chi connectivity index (χ2v) is 6.24. The summed E-state index contributed by atoms with van der Waals surface area (Å²) in [4.78, 5) is 28.9. The molecule has 3 aromatic rings. The van der Waals surface area contributed by atoms with Gasteiger partial charge < -0.3 is 9.73 Å². The number of hydrogen-bond acceptors (Lipinski definition) is 4. The third-order valence-electron chi connectivity index (χ3n) is 4.03. The second-order valence-electron chi connectivity index (χ2n) is 6.24. The number of rotatable bonds is 4. The molecule has 0 atom stereocenters. The summed E-state index contributed by atoms with van der Waals surface area (Å²) >= 11 is 0. The number of nitrogens with one attached hydrogen (secondary N) is 1. The van der Waals surface area contributed by atoms with Gasteiger partial charge in [0.1, 0.15) is 17.6 Å². The van der Waals surface area contributed by atoms with Crippen molar-refractivity contribution in [1.29, 1.82) is 0 Å². The minimum absolute atomic E-state index is 0.0811. The Morgan fingerprint density at radius 2 is 2.09 bits per heavy atom. The summed E-state index contributed by atoms with van der Waals surface area (Å²) in [6.45, 7) is 5.79. The predicted molar refractivity (Wildman–Crippen MR) is 88.3 cm³/mol. The van der Waals surface area contributed by atoms with Crippen LogP contribution in [0.25, 0.3) is 22.1 Å². The van der Waals surface area contributed by atoms with Crippen LogP contribution < -0.4 is 10.9 Å². The van der Waals surface area contributed by atoms with Crippen LogP contribution in [0.3, 0.4) is 0 Å². The molecule has 0 saturated carbocycles. The van der Waals surface area contributed by atoms with Gasteiger partial charge in [-0.05, 0) is 32.4 Å². The molecule has 1 amide bonds. The van der Waals surface area contributed by atoms with Gasteiger partial charge in [-0.2, -0.15) is 0 Å². The zero-order valence-electron chi connectivity index (χ0n) is 13.4. The van der Waals surface area contributed by atoms with Gasteiger partial charge in [0.05, 0.1) is 6.33 Å². The Labute approximate surface area is 133 Å². The Balaban J connectivity index is 1.97. The SMILES string of the molecule is CCC(C)(C)NC(=O)Cn1cnc2c(oc3ccccc32)c1=O. The third-order valence-corrected chi connectivity index (χ3v) is 4.03. The summed E-state index contributed by atoms with van der Waals surface area (Å²) < 4.78 is 6.87. The quantitative estimate of drug-likeness (QED) is 0.802. The number of para-hydroxylation sites is 1. The number of amides is 1. The standard InChI is InChI=1S/C17H19N3O3/c1-4-17(2,3)19-13(21)9-20-10-18-14-11-7-5-6-8-12(11)23-15(14)16(20)22/h5-8,10H,4,9H2,1-3H3,(H,19,21). The van der Waals surface area contributed by atoms with Crippen LogP contribution in [0.1, 0.15) is 27.2 Å². The number of nitrogens with zero attached hydrogens (tertiary/aromatic N) is 2. The van der Waals surface area contributed by atoms with Crippen LogP contribution in [-0.2, 0) is 11.3 Å². The molecule has 2 aromatic heterocycles. The van der Waals surface area contributed by atoms with E-state index in [2.05, 4.69) is 10.3 Å². The van der Waals surface area contributed by atoms with Crippen molar-refractivity contribution in [3.05, 3.63) is 40.9 Å². The van der Waals surface area contributed by atoms with Gasteiger partial charge in [-0.1, -0.05) is 19.1 Å². The first-order chi connectivity index (χ1) is 10.9. The Morgan fingerprint density at radius 1 is 1.35 bits per heavy atom. The lowest BCUT2D eigenvalue weighted by atomic mass is 10.0. The van der Waals surface area contributed by atoms with Gasteiger partial charge in [0.25, 0.3) is 5.56 Å². The van der Waals surface area contributed by atoms with E-state index < -0.39 is 0 Å². The van der Waals surface area contributed by atoms with Crippen molar-refractivity contribution in [3.63, 3.8) is 0 Å². The average molecular weight is 313 g/mol. The van der Waals surface area contributed by atoms with Gasteiger partial charge in [-0.25, -0.2) is 4.98 Å². The number of benzene rings is 1. The molecule has 0 bridgehead atoms. The Kier molecular flexibility index (Phi) is 3.67. The van der Waals surface area contributed by atoms with Crippen molar-refractivity contribution >= 4 is 28.0 Å². The first-order valence-electron chi connectivity index (χ1n) is 7.59. The number of carbonyl (C=O) groups is 1. The van der Waals surface area contributed by atoms with Crippen LogP contribution in [0.15, 0.2) is 39.8 Å². The van der Waals surface area contributed by atoms with Gasteiger partial charge in [0.2, 0.25) is 11.5 Å². The van der Waals surface area contributed by atoms with E-state index in [-0.39, 0.29) is 29.1 Å². The molecule has 3 rings (SSSR count). The lowest BCUT2D eigenvalue weighted by Gasteiger charge is -2.24. The van der Waals surface area contributed by atoms with Crippen molar-refractivity contribution in [2.75, 3.05) is 0 Å². The van der Waals surface area contributed by atoms with E-state index in [0.717, 1.165) is 11.8 Å². The molecular formula is C17H19N3O3. The maximum Gasteiger partial charge on any atom is 0.297 e. The highest BCUT2D eigenvalue weighted by molar-refractivity contribution is 6.01. The Bertz CT molecular complexity index is 937. The second kappa shape index (κ2) is 5.53. The average Bonchev–Trinajstić information content (AvgIpc) is 2.89. The first-order valence-corrected chi connectivity index (χ1v) is 7.59. The molecule has 0 aliphatic rings. The van der Waals surface area contributed by atoms with Gasteiger partial charge >= 0.3 is 0 Å². The molecule has 0 aliphatic heterocycles. The van der Waals surface area contributed by atoms with Crippen LogP contribution in [0.4, 0.5) is 0 Å². The molecule has 0 saturated heterocycles. The summed E-state index contributed by atoms with van der Waals surface area (Å²) in [6, 6.07) is 7.35. The minimum atomic E-state index is -0.351. The number of aromatic nitrogens is 2. The first kappa shape index (κ1) is 15.3. The zero-order chi connectivity index (χ0) is 16.6. The summed E-state index contributed by atoms with van der Waals surface area (Å²) in [5.74, 6) is -0.226. The normalized spacial score (nSPS) is 12.0. The molecule has 0 spiro atoms. The highest BCUT2D eigenvalue weighted by Crippen LogP contribution is 2.23. The van der Waals surface area contributed by atoms with Crippen molar-refractivity contribution in [1.82, 2.24) is 14.9 Å². The molecule has 6 heteroatoms. The fourth-order valence-electron chi connectivity index (χ4n) is 2.39. The summed E-state index contributed by atoms with van der Waals surface area (Å²) in [5.41, 5.74) is 0.655. The fraction of sp³-hybridized carbons (Fsp3) is 0.353. The van der Waals surface area contributed by atoms with E-state index in [0.29, 0.717) is 11.1 Å². The molecule has 0 radical (unpaired) electrons. The molecular weight excluding hydrogens is 294 g/mol. The van der Waals surface area contributed by atoms with Crippen LogP contribution in [0.2, 0.25) is 0 Å². The van der Waals surface area contributed by atoms with Gasteiger partial charge in [-0.15, -0.1) is 0 Å². The van der Waals surface area contributed by atoms with Crippen LogP contribution in [0, 0.1) is 0 Å².